The Labute approximate surface area is 129 Å². The monoisotopic (exact) mass is 311 g/mol. The first-order valence-corrected chi connectivity index (χ1v) is 6.86. The number of aryl methyl sites for hydroxylation is 1. The number of amides is 1. The zero-order chi connectivity index (χ0) is 14.3. The van der Waals surface area contributed by atoms with Crippen molar-refractivity contribution in [3.63, 3.8) is 0 Å². The van der Waals surface area contributed by atoms with Crippen LogP contribution in [0.15, 0.2) is 18.2 Å². The molecule has 1 amide bonds. The van der Waals surface area contributed by atoms with E-state index in [1.807, 2.05) is 17.9 Å². The standard InChI is InChI=1S/C15H18FN3O.ClH/c1-9-5-11(16)6-13-12(9)7-14(18-13)15(20)19-4-3-17-10(2)8-19;/h5-7,10,17-18H,3-4,8H2,1-2H3;1H/t10-;/m1./s1. The summed E-state index contributed by atoms with van der Waals surface area (Å²) in [6, 6.07) is 5.03. The summed E-state index contributed by atoms with van der Waals surface area (Å²) in [5.74, 6) is -0.305. The van der Waals surface area contributed by atoms with Gasteiger partial charge in [-0.25, -0.2) is 4.39 Å². The van der Waals surface area contributed by atoms with Crippen LogP contribution in [0.3, 0.4) is 0 Å². The zero-order valence-corrected chi connectivity index (χ0v) is 12.9. The number of piperazine rings is 1. The molecule has 1 aliphatic heterocycles. The van der Waals surface area contributed by atoms with E-state index in [2.05, 4.69) is 17.2 Å². The molecule has 2 heterocycles. The average molecular weight is 312 g/mol. The van der Waals surface area contributed by atoms with Gasteiger partial charge < -0.3 is 15.2 Å². The minimum atomic E-state index is -0.286. The highest BCUT2D eigenvalue weighted by molar-refractivity contribution is 5.98. The van der Waals surface area contributed by atoms with Crippen LogP contribution in [0.25, 0.3) is 10.9 Å². The predicted octanol–water partition coefficient (Wildman–Crippen LogP) is 2.47. The highest BCUT2D eigenvalue weighted by Gasteiger charge is 2.23. The highest BCUT2D eigenvalue weighted by Crippen LogP contribution is 2.22. The number of hydrogen-bond acceptors (Lipinski definition) is 2. The summed E-state index contributed by atoms with van der Waals surface area (Å²) in [6.45, 7) is 6.11. The maximum atomic E-state index is 13.4. The fraction of sp³-hybridized carbons (Fsp3) is 0.400. The van der Waals surface area contributed by atoms with Gasteiger partial charge >= 0.3 is 0 Å². The lowest BCUT2D eigenvalue weighted by Gasteiger charge is -2.31. The van der Waals surface area contributed by atoms with E-state index in [4.69, 9.17) is 0 Å². The van der Waals surface area contributed by atoms with Gasteiger partial charge in [0.05, 0.1) is 0 Å². The lowest BCUT2D eigenvalue weighted by atomic mass is 10.1. The van der Waals surface area contributed by atoms with Crippen molar-refractivity contribution in [1.82, 2.24) is 15.2 Å². The van der Waals surface area contributed by atoms with Crippen molar-refractivity contribution in [3.8, 4) is 0 Å². The second-order valence-corrected chi connectivity index (χ2v) is 5.47. The van der Waals surface area contributed by atoms with Gasteiger partial charge in [0.1, 0.15) is 11.5 Å². The quantitative estimate of drug-likeness (QED) is 0.850. The molecule has 0 bridgehead atoms. The molecule has 1 aromatic carbocycles. The van der Waals surface area contributed by atoms with Gasteiger partial charge in [-0.05, 0) is 37.6 Å². The number of carbonyl (C=O) groups is 1. The summed E-state index contributed by atoms with van der Waals surface area (Å²) in [5.41, 5.74) is 2.04. The van der Waals surface area contributed by atoms with E-state index in [-0.39, 0.29) is 24.1 Å². The van der Waals surface area contributed by atoms with Crippen molar-refractivity contribution >= 4 is 29.2 Å². The van der Waals surface area contributed by atoms with Gasteiger partial charge in [-0.1, -0.05) is 0 Å². The number of H-pyrrole nitrogens is 1. The molecule has 2 N–H and O–H groups in total. The van der Waals surface area contributed by atoms with Gasteiger partial charge in [0.25, 0.3) is 5.91 Å². The van der Waals surface area contributed by atoms with Crippen molar-refractivity contribution in [2.24, 2.45) is 0 Å². The molecule has 1 saturated heterocycles. The number of halogens is 2. The third kappa shape index (κ3) is 3.04. The zero-order valence-electron chi connectivity index (χ0n) is 12.1. The molecule has 114 valence electrons. The summed E-state index contributed by atoms with van der Waals surface area (Å²) in [7, 11) is 0. The first-order valence-electron chi connectivity index (χ1n) is 6.86. The Bertz CT molecular complexity index is 670. The first kappa shape index (κ1) is 15.8. The molecular formula is C15H19ClFN3O. The van der Waals surface area contributed by atoms with E-state index >= 15 is 0 Å². The molecule has 6 heteroatoms. The Morgan fingerprint density at radius 2 is 2.14 bits per heavy atom. The minimum Gasteiger partial charge on any atom is -0.350 e. The first-order chi connectivity index (χ1) is 9.54. The number of benzene rings is 1. The van der Waals surface area contributed by atoms with Crippen LogP contribution in [0.2, 0.25) is 0 Å². The van der Waals surface area contributed by atoms with Gasteiger partial charge in [-0.15, -0.1) is 12.4 Å². The Balaban J connectivity index is 0.00000161. The fourth-order valence-electron chi connectivity index (χ4n) is 2.78. The topological polar surface area (TPSA) is 48.1 Å². The van der Waals surface area contributed by atoms with Crippen molar-refractivity contribution in [2.75, 3.05) is 19.6 Å². The number of hydrogen-bond donors (Lipinski definition) is 2. The number of nitrogens with one attached hydrogen (secondary N) is 2. The van der Waals surface area contributed by atoms with Crippen LogP contribution in [0.4, 0.5) is 4.39 Å². The third-order valence-corrected chi connectivity index (χ3v) is 3.80. The van der Waals surface area contributed by atoms with E-state index in [1.165, 1.54) is 12.1 Å². The molecule has 1 atom stereocenters. The van der Waals surface area contributed by atoms with Crippen LogP contribution in [0.1, 0.15) is 23.0 Å². The fourth-order valence-corrected chi connectivity index (χ4v) is 2.78. The summed E-state index contributed by atoms with van der Waals surface area (Å²) in [4.78, 5) is 17.4. The summed E-state index contributed by atoms with van der Waals surface area (Å²) in [6.07, 6.45) is 0. The maximum absolute atomic E-state index is 13.4. The number of carbonyl (C=O) groups excluding carboxylic acids is 1. The van der Waals surface area contributed by atoms with E-state index in [0.717, 1.165) is 17.5 Å². The SMILES string of the molecule is Cc1cc(F)cc2[nH]c(C(=O)N3CCN[C@H](C)C3)cc12.Cl. The van der Waals surface area contributed by atoms with Crippen molar-refractivity contribution in [3.05, 3.63) is 35.3 Å². The number of rotatable bonds is 1. The maximum Gasteiger partial charge on any atom is 0.270 e. The van der Waals surface area contributed by atoms with E-state index in [9.17, 15) is 9.18 Å². The molecule has 1 aliphatic rings. The molecule has 0 saturated carbocycles. The van der Waals surface area contributed by atoms with Gasteiger partial charge in [-0.2, -0.15) is 0 Å². The summed E-state index contributed by atoms with van der Waals surface area (Å²) < 4.78 is 13.4. The lowest BCUT2D eigenvalue weighted by Crippen LogP contribution is -2.51. The molecule has 0 aliphatic carbocycles. The molecule has 0 unspecified atom stereocenters. The molecule has 4 nitrogen and oxygen atoms in total. The van der Waals surface area contributed by atoms with Crippen LogP contribution in [-0.2, 0) is 0 Å². The second-order valence-electron chi connectivity index (χ2n) is 5.47. The van der Waals surface area contributed by atoms with Crippen molar-refractivity contribution < 1.29 is 9.18 Å². The van der Waals surface area contributed by atoms with Crippen LogP contribution in [-0.4, -0.2) is 41.5 Å². The lowest BCUT2D eigenvalue weighted by molar-refractivity contribution is 0.0704. The Morgan fingerprint density at radius 1 is 1.38 bits per heavy atom. The van der Waals surface area contributed by atoms with E-state index in [0.29, 0.717) is 30.3 Å². The van der Waals surface area contributed by atoms with Gasteiger partial charge in [0, 0.05) is 36.6 Å². The van der Waals surface area contributed by atoms with Crippen molar-refractivity contribution in [2.45, 2.75) is 19.9 Å². The number of aromatic amines is 1. The molecule has 0 radical (unpaired) electrons. The van der Waals surface area contributed by atoms with Crippen LogP contribution >= 0.6 is 12.4 Å². The van der Waals surface area contributed by atoms with Gasteiger partial charge in [-0.3, -0.25) is 4.79 Å². The predicted molar refractivity (Wildman–Crippen MR) is 83.6 cm³/mol. The highest BCUT2D eigenvalue weighted by atomic mass is 35.5. The second kappa shape index (κ2) is 6.03. The number of nitrogens with zero attached hydrogens (tertiary/aromatic N) is 1. The van der Waals surface area contributed by atoms with Crippen LogP contribution in [0.5, 0.6) is 0 Å². The molecule has 1 fully saturated rings. The number of fused-ring (bicyclic) bond motifs is 1. The summed E-state index contributed by atoms with van der Waals surface area (Å²) in [5, 5.41) is 4.21. The molecule has 0 spiro atoms. The number of aromatic nitrogens is 1. The molecular weight excluding hydrogens is 293 g/mol. The van der Waals surface area contributed by atoms with Crippen molar-refractivity contribution in [1.29, 1.82) is 0 Å². The van der Waals surface area contributed by atoms with Crippen LogP contribution < -0.4 is 5.32 Å². The van der Waals surface area contributed by atoms with E-state index in [1.54, 1.807) is 0 Å². The van der Waals surface area contributed by atoms with Crippen LogP contribution in [0, 0.1) is 12.7 Å². The largest absolute Gasteiger partial charge is 0.350 e. The smallest absolute Gasteiger partial charge is 0.270 e. The third-order valence-electron chi connectivity index (χ3n) is 3.80. The summed E-state index contributed by atoms with van der Waals surface area (Å²) >= 11 is 0. The van der Waals surface area contributed by atoms with Gasteiger partial charge in [0.2, 0.25) is 0 Å². The van der Waals surface area contributed by atoms with E-state index < -0.39 is 0 Å². The Morgan fingerprint density at radius 3 is 2.86 bits per heavy atom. The molecule has 3 rings (SSSR count). The van der Waals surface area contributed by atoms with Gasteiger partial charge in [0.15, 0.2) is 0 Å². The average Bonchev–Trinajstić information content (AvgIpc) is 2.82. The Hall–Kier alpha value is -1.59. The molecule has 21 heavy (non-hydrogen) atoms. The minimum absolute atomic E-state index is 0. The normalized spacial score (nSPS) is 18.6. The molecule has 2 aromatic rings. The molecule has 1 aromatic heterocycles. The Kier molecular flexibility index (Phi) is 4.54.